The predicted molar refractivity (Wildman–Crippen MR) is 70.4 cm³/mol. The summed E-state index contributed by atoms with van der Waals surface area (Å²) in [5, 5.41) is 13.5. The summed E-state index contributed by atoms with van der Waals surface area (Å²) in [4.78, 5) is 6.55. The van der Waals surface area contributed by atoms with Crippen molar-refractivity contribution >= 4 is 0 Å². The molecule has 0 bridgehead atoms. The lowest BCUT2D eigenvalue weighted by molar-refractivity contribution is 0.169. The molecule has 1 aromatic carbocycles. The summed E-state index contributed by atoms with van der Waals surface area (Å²) in [5.74, 6) is 1.24. The average Bonchev–Trinajstić information content (AvgIpc) is 3.00. The Labute approximate surface area is 111 Å². The number of aliphatic hydroxyl groups excluding tert-OH is 1. The number of aliphatic hydroxyl groups is 1. The van der Waals surface area contributed by atoms with Gasteiger partial charge in [0.2, 0.25) is 11.7 Å². The van der Waals surface area contributed by atoms with Crippen molar-refractivity contribution in [3.8, 4) is 11.4 Å². The van der Waals surface area contributed by atoms with E-state index in [0.29, 0.717) is 24.8 Å². The van der Waals surface area contributed by atoms with Crippen molar-refractivity contribution < 1.29 is 9.63 Å². The molecule has 100 valence electrons. The van der Waals surface area contributed by atoms with E-state index in [0.717, 1.165) is 24.1 Å². The monoisotopic (exact) mass is 259 g/mol. The topological polar surface area (TPSA) is 62.4 Å². The fourth-order valence-electron chi connectivity index (χ4n) is 2.40. The van der Waals surface area contributed by atoms with E-state index in [4.69, 9.17) is 4.52 Å². The van der Waals surface area contributed by atoms with Crippen molar-refractivity contribution in [2.24, 2.45) is 0 Å². The molecule has 1 saturated heterocycles. The summed E-state index contributed by atoms with van der Waals surface area (Å²) in [7, 11) is 0. The smallest absolute Gasteiger partial charge is 0.241 e. The minimum atomic E-state index is -0.223. The molecule has 5 heteroatoms. The third-order valence-corrected chi connectivity index (χ3v) is 3.46. The third kappa shape index (κ3) is 2.67. The first-order valence-electron chi connectivity index (χ1n) is 6.51. The number of hydrogen-bond donors (Lipinski definition) is 1. The molecule has 1 fully saturated rings. The fourth-order valence-corrected chi connectivity index (χ4v) is 2.40. The molecule has 1 N–H and O–H groups in total. The number of aryl methyl sites for hydroxylation is 1. The van der Waals surface area contributed by atoms with Gasteiger partial charge in [0.1, 0.15) is 0 Å². The Bertz CT molecular complexity index is 567. The van der Waals surface area contributed by atoms with E-state index in [9.17, 15) is 5.11 Å². The lowest BCUT2D eigenvalue weighted by Crippen LogP contribution is -2.21. The van der Waals surface area contributed by atoms with Gasteiger partial charge in [0.15, 0.2) is 0 Å². The van der Waals surface area contributed by atoms with Crippen LogP contribution >= 0.6 is 0 Å². The molecule has 1 unspecified atom stereocenters. The fraction of sp³-hybridized carbons (Fsp3) is 0.429. The SMILES string of the molecule is Cc1ccccc1-c1noc(CN2CCC(O)C2)n1. The summed E-state index contributed by atoms with van der Waals surface area (Å²) < 4.78 is 5.29. The van der Waals surface area contributed by atoms with Crippen molar-refractivity contribution in [3.05, 3.63) is 35.7 Å². The maximum Gasteiger partial charge on any atom is 0.241 e. The van der Waals surface area contributed by atoms with Crippen LogP contribution in [0.5, 0.6) is 0 Å². The first kappa shape index (κ1) is 12.3. The predicted octanol–water partition coefficient (Wildman–Crippen LogP) is 1.61. The number of aromatic nitrogens is 2. The van der Waals surface area contributed by atoms with Gasteiger partial charge >= 0.3 is 0 Å². The Hall–Kier alpha value is -1.72. The molecule has 0 aliphatic carbocycles. The van der Waals surface area contributed by atoms with Gasteiger partial charge in [-0.2, -0.15) is 4.98 Å². The number of likely N-dealkylation sites (tertiary alicyclic amines) is 1. The van der Waals surface area contributed by atoms with E-state index >= 15 is 0 Å². The van der Waals surface area contributed by atoms with Crippen LogP contribution in [0.2, 0.25) is 0 Å². The molecule has 2 aromatic rings. The minimum absolute atomic E-state index is 0.223. The molecule has 2 heterocycles. The van der Waals surface area contributed by atoms with Gasteiger partial charge in [-0.3, -0.25) is 4.90 Å². The minimum Gasteiger partial charge on any atom is -0.392 e. The zero-order valence-electron chi connectivity index (χ0n) is 10.9. The quantitative estimate of drug-likeness (QED) is 0.907. The van der Waals surface area contributed by atoms with Crippen LogP contribution in [0.4, 0.5) is 0 Å². The van der Waals surface area contributed by atoms with Crippen molar-refractivity contribution in [2.45, 2.75) is 26.0 Å². The largest absolute Gasteiger partial charge is 0.392 e. The van der Waals surface area contributed by atoms with Gasteiger partial charge in [0.25, 0.3) is 0 Å². The van der Waals surface area contributed by atoms with Crippen LogP contribution in [0.3, 0.4) is 0 Å². The highest BCUT2D eigenvalue weighted by atomic mass is 16.5. The first-order chi connectivity index (χ1) is 9.22. The molecule has 1 aliphatic rings. The molecule has 1 aliphatic heterocycles. The second kappa shape index (κ2) is 5.11. The van der Waals surface area contributed by atoms with Crippen LogP contribution in [-0.2, 0) is 6.54 Å². The van der Waals surface area contributed by atoms with Gasteiger partial charge < -0.3 is 9.63 Å². The van der Waals surface area contributed by atoms with Crippen molar-refractivity contribution in [1.82, 2.24) is 15.0 Å². The molecule has 0 spiro atoms. The van der Waals surface area contributed by atoms with Crippen LogP contribution < -0.4 is 0 Å². The molecule has 1 aromatic heterocycles. The molecule has 5 nitrogen and oxygen atoms in total. The average molecular weight is 259 g/mol. The zero-order valence-corrected chi connectivity index (χ0v) is 10.9. The van der Waals surface area contributed by atoms with Gasteiger partial charge in [0.05, 0.1) is 12.6 Å². The first-order valence-corrected chi connectivity index (χ1v) is 6.51. The maximum absolute atomic E-state index is 9.49. The highest BCUT2D eigenvalue weighted by molar-refractivity contribution is 5.58. The second-order valence-electron chi connectivity index (χ2n) is 5.00. The van der Waals surface area contributed by atoms with Crippen molar-refractivity contribution in [1.29, 1.82) is 0 Å². The number of rotatable bonds is 3. The van der Waals surface area contributed by atoms with Crippen LogP contribution in [0.15, 0.2) is 28.8 Å². The van der Waals surface area contributed by atoms with E-state index in [1.807, 2.05) is 31.2 Å². The molecule has 0 saturated carbocycles. The number of β-amino-alcohol motifs (C(OH)–C–C–N with tert-alkyl or cyclic N) is 1. The Kier molecular flexibility index (Phi) is 3.31. The van der Waals surface area contributed by atoms with Gasteiger partial charge in [-0.05, 0) is 18.9 Å². The normalized spacial score (nSPS) is 20.0. The summed E-state index contributed by atoms with van der Waals surface area (Å²) in [6, 6.07) is 7.98. The number of nitrogens with zero attached hydrogens (tertiary/aromatic N) is 3. The van der Waals surface area contributed by atoms with Crippen LogP contribution in [-0.4, -0.2) is 39.3 Å². The molecule has 3 rings (SSSR count). The van der Waals surface area contributed by atoms with Crippen molar-refractivity contribution in [2.75, 3.05) is 13.1 Å². The van der Waals surface area contributed by atoms with Crippen molar-refractivity contribution in [3.63, 3.8) is 0 Å². The lowest BCUT2D eigenvalue weighted by atomic mass is 10.1. The molecule has 1 atom stereocenters. The Morgan fingerprint density at radius 2 is 2.26 bits per heavy atom. The van der Waals surface area contributed by atoms with E-state index < -0.39 is 0 Å². The van der Waals surface area contributed by atoms with Gasteiger partial charge in [-0.25, -0.2) is 0 Å². The van der Waals surface area contributed by atoms with Crippen LogP contribution in [0, 0.1) is 6.92 Å². The summed E-state index contributed by atoms with van der Waals surface area (Å²) in [5.41, 5.74) is 2.13. The van der Waals surface area contributed by atoms with E-state index in [-0.39, 0.29) is 6.10 Å². The highest BCUT2D eigenvalue weighted by Gasteiger charge is 2.22. The van der Waals surface area contributed by atoms with Gasteiger partial charge in [-0.15, -0.1) is 0 Å². The molecular formula is C14H17N3O2. The Morgan fingerprint density at radius 3 is 3.00 bits per heavy atom. The third-order valence-electron chi connectivity index (χ3n) is 3.46. The number of hydrogen-bond acceptors (Lipinski definition) is 5. The zero-order chi connectivity index (χ0) is 13.2. The van der Waals surface area contributed by atoms with Gasteiger partial charge in [-0.1, -0.05) is 29.4 Å². The van der Waals surface area contributed by atoms with Crippen LogP contribution in [0.25, 0.3) is 11.4 Å². The lowest BCUT2D eigenvalue weighted by Gasteiger charge is -2.10. The molecule has 19 heavy (non-hydrogen) atoms. The summed E-state index contributed by atoms with van der Waals surface area (Å²) in [6.45, 7) is 4.20. The van der Waals surface area contributed by atoms with Gasteiger partial charge in [0, 0.05) is 18.7 Å². The second-order valence-corrected chi connectivity index (χ2v) is 5.00. The molecule has 0 radical (unpaired) electrons. The van der Waals surface area contributed by atoms with E-state index in [1.165, 1.54) is 0 Å². The Morgan fingerprint density at radius 1 is 1.42 bits per heavy atom. The maximum atomic E-state index is 9.49. The highest BCUT2D eigenvalue weighted by Crippen LogP contribution is 2.20. The van der Waals surface area contributed by atoms with E-state index in [1.54, 1.807) is 0 Å². The van der Waals surface area contributed by atoms with E-state index in [2.05, 4.69) is 15.0 Å². The molecule has 0 amide bonds. The summed E-state index contributed by atoms with van der Waals surface area (Å²) >= 11 is 0. The molecular weight excluding hydrogens is 242 g/mol. The van der Waals surface area contributed by atoms with Crippen LogP contribution in [0.1, 0.15) is 17.9 Å². The Balaban J connectivity index is 1.75. The standard InChI is InChI=1S/C14H17N3O2/c1-10-4-2-3-5-12(10)14-15-13(19-16-14)9-17-7-6-11(18)8-17/h2-5,11,18H,6-9H2,1H3. The summed E-state index contributed by atoms with van der Waals surface area (Å²) in [6.07, 6.45) is 0.595. The number of benzene rings is 1.